The number of H-pyrrole nitrogens is 1. The van der Waals surface area contributed by atoms with E-state index >= 15 is 0 Å². The molecule has 2 heterocycles. The second-order valence-corrected chi connectivity index (χ2v) is 5.95. The topological polar surface area (TPSA) is 91.3 Å². The van der Waals surface area contributed by atoms with Crippen molar-refractivity contribution in [3.8, 4) is 5.75 Å². The van der Waals surface area contributed by atoms with Gasteiger partial charge in [-0.25, -0.2) is 0 Å². The lowest BCUT2D eigenvalue weighted by atomic mass is 10.00. The molecule has 0 radical (unpaired) electrons. The molecule has 1 saturated heterocycles. The number of likely N-dealkylation sites (tertiary alicyclic amines) is 1. The van der Waals surface area contributed by atoms with Gasteiger partial charge in [0, 0.05) is 19.0 Å². The zero-order chi connectivity index (χ0) is 17.2. The van der Waals surface area contributed by atoms with Gasteiger partial charge in [0.2, 0.25) is 5.91 Å². The molecule has 1 atom stereocenters. The molecule has 0 aliphatic carbocycles. The van der Waals surface area contributed by atoms with Crippen LogP contribution in [0.4, 0.5) is 0 Å². The molecule has 1 aliphatic rings. The molecule has 1 aromatic heterocycles. The Kier molecular flexibility index (Phi) is 4.35. The van der Waals surface area contributed by atoms with Gasteiger partial charge >= 0.3 is 0 Å². The second-order valence-electron chi connectivity index (χ2n) is 5.95. The van der Waals surface area contributed by atoms with Crippen LogP contribution in [0.3, 0.4) is 0 Å². The summed E-state index contributed by atoms with van der Waals surface area (Å²) >= 11 is 0. The molecular formula is C17H20N4O3. The molecule has 24 heavy (non-hydrogen) atoms. The average Bonchev–Trinajstić information content (AvgIpc) is 3.25. The molecule has 3 rings (SSSR count). The Morgan fingerprint density at radius 3 is 2.79 bits per heavy atom. The maximum atomic E-state index is 12.5. The standard InChI is InChI=1S/C17H20N4O3/c1-12(13-3-5-14(24-2)6-4-13)9-16(22)21-8-7-17(23,11-21)15-10-18-20-19-15/h3-6,9-10,23H,7-8,11H2,1-2H3,(H,18,19,20). The van der Waals surface area contributed by atoms with Gasteiger partial charge in [0.1, 0.15) is 17.0 Å². The maximum Gasteiger partial charge on any atom is 0.246 e. The van der Waals surface area contributed by atoms with Crippen LogP contribution in [0.2, 0.25) is 0 Å². The van der Waals surface area contributed by atoms with Crippen LogP contribution in [0.5, 0.6) is 5.75 Å². The summed E-state index contributed by atoms with van der Waals surface area (Å²) in [5.41, 5.74) is 1.15. The van der Waals surface area contributed by atoms with Crippen molar-refractivity contribution in [3.05, 3.63) is 47.8 Å². The van der Waals surface area contributed by atoms with Crippen LogP contribution >= 0.6 is 0 Å². The first-order valence-corrected chi connectivity index (χ1v) is 7.72. The lowest BCUT2D eigenvalue weighted by Gasteiger charge is -2.20. The van der Waals surface area contributed by atoms with E-state index in [9.17, 15) is 9.90 Å². The van der Waals surface area contributed by atoms with E-state index in [1.807, 2.05) is 31.2 Å². The highest BCUT2D eigenvalue weighted by atomic mass is 16.5. The predicted molar refractivity (Wildman–Crippen MR) is 88.1 cm³/mol. The molecule has 7 nitrogen and oxygen atoms in total. The van der Waals surface area contributed by atoms with Crippen molar-refractivity contribution in [2.45, 2.75) is 18.9 Å². The summed E-state index contributed by atoms with van der Waals surface area (Å²) in [5.74, 6) is 0.651. The monoisotopic (exact) mass is 328 g/mol. The minimum Gasteiger partial charge on any atom is -0.497 e. The van der Waals surface area contributed by atoms with Crippen molar-refractivity contribution in [2.24, 2.45) is 0 Å². The van der Waals surface area contributed by atoms with Gasteiger partial charge in [-0.15, -0.1) is 0 Å². The quantitative estimate of drug-likeness (QED) is 0.827. The van der Waals surface area contributed by atoms with Crippen LogP contribution in [0.15, 0.2) is 36.5 Å². The Hall–Kier alpha value is -2.67. The molecule has 0 bridgehead atoms. The zero-order valence-corrected chi connectivity index (χ0v) is 13.7. The largest absolute Gasteiger partial charge is 0.497 e. The zero-order valence-electron chi connectivity index (χ0n) is 13.7. The molecule has 1 unspecified atom stereocenters. The number of ether oxygens (including phenoxy) is 1. The van der Waals surface area contributed by atoms with Crippen molar-refractivity contribution in [1.29, 1.82) is 0 Å². The number of methoxy groups -OCH3 is 1. The van der Waals surface area contributed by atoms with Crippen molar-refractivity contribution in [2.75, 3.05) is 20.2 Å². The summed E-state index contributed by atoms with van der Waals surface area (Å²) in [7, 11) is 1.62. The Balaban J connectivity index is 1.70. The summed E-state index contributed by atoms with van der Waals surface area (Å²) in [5, 5.41) is 20.8. The van der Waals surface area contributed by atoms with E-state index in [-0.39, 0.29) is 12.5 Å². The molecular weight excluding hydrogens is 308 g/mol. The highest BCUT2D eigenvalue weighted by molar-refractivity contribution is 5.95. The van der Waals surface area contributed by atoms with Crippen LogP contribution in [-0.2, 0) is 10.4 Å². The van der Waals surface area contributed by atoms with E-state index in [0.717, 1.165) is 16.9 Å². The van der Waals surface area contributed by atoms with Gasteiger partial charge in [-0.3, -0.25) is 4.79 Å². The Bertz CT molecular complexity index is 740. The van der Waals surface area contributed by atoms with Gasteiger partial charge in [-0.1, -0.05) is 12.1 Å². The first-order chi connectivity index (χ1) is 11.5. The molecule has 1 fully saturated rings. The van der Waals surface area contributed by atoms with Gasteiger partial charge in [0.15, 0.2) is 0 Å². The van der Waals surface area contributed by atoms with Crippen LogP contribution in [0, 0.1) is 0 Å². The van der Waals surface area contributed by atoms with E-state index in [2.05, 4.69) is 15.4 Å². The van der Waals surface area contributed by atoms with Crippen LogP contribution in [-0.4, -0.2) is 51.5 Å². The van der Waals surface area contributed by atoms with Crippen molar-refractivity contribution in [3.63, 3.8) is 0 Å². The van der Waals surface area contributed by atoms with Gasteiger partial charge in [0.05, 0.1) is 19.9 Å². The number of benzene rings is 1. The van der Waals surface area contributed by atoms with E-state index < -0.39 is 5.60 Å². The number of nitrogens with zero attached hydrogens (tertiary/aromatic N) is 3. The molecule has 1 aliphatic heterocycles. The molecule has 2 N–H and O–H groups in total. The number of aromatic amines is 1. The van der Waals surface area contributed by atoms with E-state index in [0.29, 0.717) is 18.7 Å². The molecule has 2 aromatic rings. The van der Waals surface area contributed by atoms with Crippen molar-refractivity contribution in [1.82, 2.24) is 20.3 Å². The fourth-order valence-corrected chi connectivity index (χ4v) is 2.83. The van der Waals surface area contributed by atoms with Crippen LogP contribution in [0.1, 0.15) is 24.6 Å². The van der Waals surface area contributed by atoms with Gasteiger partial charge in [-0.2, -0.15) is 15.4 Å². The third-order valence-electron chi connectivity index (χ3n) is 4.34. The summed E-state index contributed by atoms with van der Waals surface area (Å²) in [6, 6.07) is 7.54. The SMILES string of the molecule is COc1ccc(C(C)=CC(=O)N2CCC(O)(c3cn[nH]n3)C2)cc1. The minimum atomic E-state index is -1.13. The average molecular weight is 328 g/mol. The summed E-state index contributed by atoms with van der Waals surface area (Å²) in [6.45, 7) is 2.58. The molecule has 126 valence electrons. The number of nitrogens with one attached hydrogen (secondary N) is 1. The lowest BCUT2D eigenvalue weighted by Crippen LogP contribution is -2.34. The highest BCUT2D eigenvalue weighted by Crippen LogP contribution is 2.30. The van der Waals surface area contributed by atoms with Gasteiger partial charge in [0.25, 0.3) is 0 Å². The predicted octanol–water partition coefficient (Wildman–Crippen LogP) is 1.34. The molecule has 0 spiro atoms. The Morgan fingerprint density at radius 2 is 2.17 bits per heavy atom. The fourth-order valence-electron chi connectivity index (χ4n) is 2.83. The molecule has 1 amide bonds. The second kappa shape index (κ2) is 6.45. The third kappa shape index (κ3) is 3.16. The number of hydrogen-bond acceptors (Lipinski definition) is 5. The highest BCUT2D eigenvalue weighted by Gasteiger charge is 2.41. The normalized spacial score (nSPS) is 21.1. The van der Waals surface area contributed by atoms with E-state index in [1.165, 1.54) is 6.20 Å². The number of amides is 1. The number of β-amino-alcohol motifs (C(OH)–C–C–N with tert-alkyl or cyclic N) is 1. The summed E-state index contributed by atoms with van der Waals surface area (Å²) < 4.78 is 5.13. The van der Waals surface area contributed by atoms with E-state index in [4.69, 9.17) is 4.74 Å². The first-order valence-electron chi connectivity index (χ1n) is 7.72. The van der Waals surface area contributed by atoms with Gasteiger partial charge in [-0.05, 0) is 30.2 Å². The molecule has 0 saturated carbocycles. The number of hydrogen-bond donors (Lipinski definition) is 2. The van der Waals surface area contributed by atoms with Gasteiger partial charge < -0.3 is 14.7 Å². The van der Waals surface area contributed by atoms with Crippen LogP contribution < -0.4 is 4.74 Å². The fraction of sp³-hybridized carbons (Fsp3) is 0.353. The van der Waals surface area contributed by atoms with Crippen molar-refractivity contribution >= 4 is 11.5 Å². The third-order valence-corrected chi connectivity index (χ3v) is 4.34. The number of carbonyl (C=O) groups excluding carboxylic acids is 1. The number of allylic oxidation sites excluding steroid dienone is 1. The Labute approximate surface area is 139 Å². The Morgan fingerprint density at radius 1 is 1.42 bits per heavy atom. The number of aliphatic hydroxyl groups is 1. The summed E-state index contributed by atoms with van der Waals surface area (Å²) in [4.78, 5) is 14.1. The lowest BCUT2D eigenvalue weighted by molar-refractivity contribution is -0.126. The number of aromatic nitrogens is 3. The molecule has 1 aromatic carbocycles. The van der Waals surface area contributed by atoms with Crippen LogP contribution in [0.25, 0.3) is 5.57 Å². The van der Waals surface area contributed by atoms with E-state index in [1.54, 1.807) is 18.1 Å². The molecule has 7 heteroatoms. The summed E-state index contributed by atoms with van der Waals surface area (Å²) in [6.07, 6.45) is 3.53. The number of carbonyl (C=O) groups is 1. The minimum absolute atomic E-state index is 0.122. The maximum absolute atomic E-state index is 12.5. The first kappa shape index (κ1) is 16.2. The number of rotatable bonds is 4. The smallest absolute Gasteiger partial charge is 0.246 e. The van der Waals surface area contributed by atoms with Crippen molar-refractivity contribution < 1.29 is 14.6 Å².